The molecule has 2 fully saturated rings. The van der Waals surface area contributed by atoms with Crippen molar-refractivity contribution in [2.24, 2.45) is 5.92 Å². The summed E-state index contributed by atoms with van der Waals surface area (Å²) in [6.45, 7) is 8.07. The molecular formula is C26H32N6O2S. The Labute approximate surface area is 210 Å². The highest BCUT2D eigenvalue weighted by Gasteiger charge is 2.33. The van der Waals surface area contributed by atoms with E-state index in [1.165, 1.54) is 24.6 Å². The first-order chi connectivity index (χ1) is 16.9. The zero-order valence-corrected chi connectivity index (χ0v) is 21.3. The molecule has 1 saturated carbocycles. The normalized spacial score (nSPS) is 16.5. The average molecular weight is 493 g/mol. The molecule has 0 bridgehead atoms. The number of carbonyl (C=O) groups excluding carboxylic acids is 2. The van der Waals surface area contributed by atoms with Crippen molar-refractivity contribution in [1.82, 2.24) is 19.4 Å². The van der Waals surface area contributed by atoms with Crippen molar-refractivity contribution in [2.75, 3.05) is 29.2 Å². The third kappa shape index (κ3) is 5.00. The fourth-order valence-electron chi connectivity index (χ4n) is 4.62. The van der Waals surface area contributed by atoms with Gasteiger partial charge in [0.1, 0.15) is 0 Å². The van der Waals surface area contributed by atoms with E-state index in [2.05, 4.69) is 32.0 Å². The Morgan fingerprint density at radius 3 is 2.46 bits per heavy atom. The van der Waals surface area contributed by atoms with E-state index in [0.29, 0.717) is 17.2 Å². The van der Waals surface area contributed by atoms with E-state index in [1.807, 2.05) is 38.1 Å². The number of hydrogen-bond acceptors (Lipinski definition) is 6. The molecule has 0 atom stereocenters. The van der Waals surface area contributed by atoms with Crippen molar-refractivity contribution in [1.29, 1.82) is 0 Å². The van der Waals surface area contributed by atoms with Crippen LogP contribution < -0.4 is 10.3 Å². The maximum Gasteiger partial charge on any atom is 0.270 e. The lowest BCUT2D eigenvalue weighted by Gasteiger charge is -2.31. The molecule has 1 aliphatic heterocycles. The molecule has 1 N–H and O–H groups in total. The van der Waals surface area contributed by atoms with Crippen LogP contribution in [0.15, 0.2) is 41.6 Å². The van der Waals surface area contributed by atoms with Gasteiger partial charge >= 0.3 is 0 Å². The molecule has 1 amide bonds. The number of anilines is 1. The number of rotatable bonds is 8. The number of ketones is 1. The van der Waals surface area contributed by atoms with Crippen LogP contribution in [0.3, 0.4) is 0 Å². The van der Waals surface area contributed by atoms with Crippen LogP contribution in [0.1, 0.15) is 70.8 Å². The number of piperidine rings is 1. The first-order valence-corrected chi connectivity index (χ1v) is 13.3. The Balaban J connectivity index is 1.28. The SMILES string of the molecule is Cc1cc(C(=O)CSc2nnc(N3CCC(C)CC3)n2C2CC2)c(C)n1NC(=O)c1ccccc1. The molecule has 35 heavy (non-hydrogen) atoms. The third-order valence-corrected chi connectivity index (χ3v) is 7.88. The molecule has 8 nitrogen and oxygen atoms in total. The lowest BCUT2D eigenvalue weighted by molar-refractivity contribution is 0.0999. The van der Waals surface area contributed by atoms with E-state index in [-0.39, 0.29) is 17.4 Å². The van der Waals surface area contributed by atoms with Crippen LogP contribution in [0, 0.1) is 19.8 Å². The summed E-state index contributed by atoms with van der Waals surface area (Å²) in [7, 11) is 0. The molecular weight excluding hydrogens is 460 g/mol. The van der Waals surface area contributed by atoms with Crippen LogP contribution >= 0.6 is 11.8 Å². The van der Waals surface area contributed by atoms with Gasteiger partial charge in [0.25, 0.3) is 5.91 Å². The summed E-state index contributed by atoms with van der Waals surface area (Å²) in [5, 5.41) is 9.82. The molecule has 5 rings (SSSR count). The largest absolute Gasteiger partial charge is 0.341 e. The predicted molar refractivity (Wildman–Crippen MR) is 138 cm³/mol. The van der Waals surface area contributed by atoms with E-state index < -0.39 is 0 Å². The van der Waals surface area contributed by atoms with Crippen LogP contribution in [0.25, 0.3) is 0 Å². The quantitative estimate of drug-likeness (QED) is 0.365. The lowest BCUT2D eigenvalue weighted by Crippen LogP contribution is -2.34. The van der Waals surface area contributed by atoms with Crippen molar-refractivity contribution in [3.05, 3.63) is 58.9 Å². The lowest BCUT2D eigenvalue weighted by atomic mass is 10.00. The maximum atomic E-state index is 13.2. The summed E-state index contributed by atoms with van der Waals surface area (Å²) in [5.74, 6) is 1.79. The van der Waals surface area contributed by atoms with E-state index in [9.17, 15) is 9.59 Å². The molecule has 3 heterocycles. The number of thioether (sulfide) groups is 1. The number of benzene rings is 1. The monoisotopic (exact) mass is 492 g/mol. The maximum absolute atomic E-state index is 13.2. The standard InChI is InChI=1S/C26H32N6O2S/c1-17-11-13-30(14-12-17)25-27-28-26(31(25)21-9-10-21)35-16-23(33)22-15-18(2)32(19(22)3)29-24(34)20-7-5-4-6-8-20/h4-8,15,17,21H,9-14,16H2,1-3H3,(H,29,34). The van der Waals surface area contributed by atoms with Crippen LogP contribution in [0.4, 0.5) is 5.95 Å². The molecule has 1 saturated heterocycles. The van der Waals surface area contributed by atoms with Gasteiger partial charge in [-0.15, -0.1) is 10.2 Å². The molecule has 0 unspecified atom stereocenters. The van der Waals surface area contributed by atoms with Crippen molar-refractivity contribution in [2.45, 2.75) is 57.7 Å². The molecule has 3 aromatic rings. The summed E-state index contributed by atoms with van der Waals surface area (Å²) >= 11 is 1.45. The minimum atomic E-state index is -0.210. The number of Topliss-reactive ketones (excluding diaryl/α,β-unsaturated/α-hetero) is 1. The topological polar surface area (TPSA) is 85.1 Å². The Hall–Kier alpha value is -3.07. The predicted octanol–water partition coefficient (Wildman–Crippen LogP) is 4.63. The molecule has 0 radical (unpaired) electrons. The van der Waals surface area contributed by atoms with Crippen LogP contribution in [-0.2, 0) is 0 Å². The number of nitrogens with one attached hydrogen (secondary N) is 1. The average Bonchev–Trinajstić information content (AvgIpc) is 3.56. The molecule has 0 spiro atoms. The number of aromatic nitrogens is 4. The van der Waals surface area contributed by atoms with E-state index >= 15 is 0 Å². The van der Waals surface area contributed by atoms with Crippen LogP contribution in [0.5, 0.6) is 0 Å². The molecule has 184 valence electrons. The minimum Gasteiger partial charge on any atom is -0.341 e. The Morgan fingerprint density at radius 1 is 1.06 bits per heavy atom. The second-order valence-corrected chi connectivity index (χ2v) is 10.6. The van der Waals surface area contributed by atoms with Gasteiger partial charge in [0, 0.05) is 41.6 Å². The van der Waals surface area contributed by atoms with E-state index in [1.54, 1.807) is 16.8 Å². The molecule has 9 heteroatoms. The first-order valence-electron chi connectivity index (χ1n) is 12.3. The van der Waals surface area contributed by atoms with Crippen molar-refractivity contribution >= 4 is 29.4 Å². The number of aryl methyl sites for hydroxylation is 1. The number of amides is 1. The van der Waals surface area contributed by atoms with Gasteiger partial charge in [-0.3, -0.25) is 24.3 Å². The Bertz CT molecular complexity index is 1220. The Kier molecular flexibility index (Phi) is 6.69. The van der Waals surface area contributed by atoms with Gasteiger partial charge in [0.05, 0.1) is 5.75 Å². The van der Waals surface area contributed by atoms with Gasteiger partial charge in [-0.2, -0.15) is 0 Å². The molecule has 1 aliphatic carbocycles. The van der Waals surface area contributed by atoms with Crippen molar-refractivity contribution < 1.29 is 9.59 Å². The zero-order chi connectivity index (χ0) is 24.5. The summed E-state index contributed by atoms with van der Waals surface area (Å²) in [6.07, 6.45) is 4.63. The first kappa shape index (κ1) is 23.7. The summed E-state index contributed by atoms with van der Waals surface area (Å²) in [4.78, 5) is 28.2. The van der Waals surface area contributed by atoms with E-state index in [4.69, 9.17) is 0 Å². The summed E-state index contributed by atoms with van der Waals surface area (Å²) in [5.41, 5.74) is 5.63. The van der Waals surface area contributed by atoms with Gasteiger partial charge in [-0.05, 0) is 63.6 Å². The highest BCUT2D eigenvalue weighted by atomic mass is 32.2. The van der Waals surface area contributed by atoms with Gasteiger partial charge in [0.2, 0.25) is 5.95 Å². The van der Waals surface area contributed by atoms with Gasteiger partial charge in [-0.1, -0.05) is 36.9 Å². The number of carbonyl (C=O) groups is 2. The highest BCUT2D eigenvalue weighted by Crippen LogP contribution is 2.41. The number of hydrogen-bond donors (Lipinski definition) is 1. The Morgan fingerprint density at radius 2 is 1.77 bits per heavy atom. The third-order valence-electron chi connectivity index (χ3n) is 6.94. The molecule has 2 aromatic heterocycles. The fourth-order valence-corrected chi connectivity index (χ4v) is 5.51. The smallest absolute Gasteiger partial charge is 0.270 e. The second-order valence-electron chi connectivity index (χ2n) is 9.69. The zero-order valence-electron chi connectivity index (χ0n) is 20.5. The van der Waals surface area contributed by atoms with Gasteiger partial charge in [-0.25, -0.2) is 0 Å². The van der Waals surface area contributed by atoms with Gasteiger partial charge < -0.3 is 4.90 Å². The van der Waals surface area contributed by atoms with Crippen molar-refractivity contribution in [3.8, 4) is 0 Å². The minimum absolute atomic E-state index is 0.0157. The van der Waals surface area contributed by atoms with Crippen LogP contribution in [0.2, 0.25) is 0 Å². The summed E-state index contributed by atoms with van der Waals surface area (Å²) < 4.78 is 3.94. The molecule has 2 aliphatic rings. The number of nitrogens with zero attached hydrogens (tertiary/aromatic N) is 5. The highest BCUT2D eigenvalue weighted by molar-refractivity contribution is 7.99. The summed E-state index contributed by atoms with van der Waals surface area (Å²) in [6, 6.07) is 11.3. The molecule has 1 aromatic carbocycles. The van der Waals surface area contributed by atoms with Crippen LogP contribution in [-0.4, -0.2) is 50.0 Å². The fraction of sp³-hybridized carbons (Fsp3) is 0.462. The van der Waals surface area contributed by atoms with Crippen molar-refractivity contribution in [3.63, 3.8) is 0 Å². The van der Waals surface area contributed by atoms with E-state index in [0.717, 1.165) is 54.3 Å². The second kappa shape index (κ2) is 9.89. The van der Waals surface area contributed by atoms with Gasteiger partial charge in [0.15, 0.2) is 10.9 Å².